The predicted molar refractivity (Wildman–Crippen MR) is 209 cm³/mol. The molecule has 0 saturated heterocycles. The Bertz CT molecular complexity index is 906. The Kier molecular flexibility index (Phi) is 44.2. The zero-order valence-electron chi connectivity index (χ0n) is 34.6. The molecular weight excluding hydrogens is 717 g/mol. The molecule has 0 fully saturated rings. The van der Waals surface area contributed by atoms with Gasteiger partial charge in [-0.2, -0.15) is 0 Å². The Morgan fingerprint density at radius 2 is 0.582 bits per heavy atom. The molecule has 2 N–H and O–H groups in total. The van der Waals surface area contributed by atoms with Crippen LogP contribution in [0.5, 0.6) is 0 Å². The van der Waals surface area contributed by atoms with Crippen molar-refractivity contribution >= 4 is 58.7 Å². The molecule has 0 rings (SSSR count). The van der Waals surface area contributed by atoms with Gasteiger partial charge in [0.1, 0.15) is 0 Å². The van der Waals surface area contributed by atoms with Crippen molar-refractivity contribution in [3.8, 4) is 0 Å². The average molecular weight is 791 g/mol. The van der Waals surface area contributed by atoms with Crippen LogP contribution in [0, 0.1) is 0 Å². The van der Waals surface area contributed by atoms with E-state index >= 15 is 0 Å². The normalized spacial score (nSPS) is 11.7. The molecule has 12 nitrogen and oxygen atoms in total. The summed E-state index contributed by atoms with van der Waals surface area (Å²) in [5.41, 5.74) is 0. The summed E-state index contributed by atoms with van der Waals surface area (Å²) in [5.74, 6) is -6.35. The van der Waals surface area contributed by atoms with Crippen molar-refractivity contribution in [2.24, 2.45) is 0 Å². The van der Waals surface area contributed by atoms with Gasteiger partial charge < -0.3 is 50.2 Å². The van der Waals surface area contributed by atoms with Crippen LogP contribution in [0.2, 0.25) is 0 Å². The molecule has 2 unspecified atom stereocenters. The van der Waals surface area contributed by atoms with Gasteiger partial charge in [-0.25, -0.2) is 0 Å². The first kappa shape index (κ1) is 56.9. The molecule has 0 aromatic heterocycles. The van der Waals surface area contributed by atoms with Crippen molar-refractivity contribution in [1.29, 1.82) is 0 Å². The van der Waals surface area contributed by atoms with E-state index < -0.39 is 48.8 Å². The number of hydrogen-bond donors (Lipinski definition) is 2. The fourth-order valence-electron chi connectivity index (χ4n) is 6.16. The molecule has 2 atom stereocenters. The fourth-order valence-corrected chi connectivity index (χ4v) is 6.16. The van der Waals surface area contributed by atoms with E-state index in [2.05, 4.69) is 24.5 Å². The SMILES string of the molecule is CCCCCCCCCCCCCCCC(=O)NC(CCC(=O)[O-])C(=O)[O-].CCCCCCCCCCCCCCCC(=O)NC(CCC(=O)[O-])C(=O)[O-].[Mg+2]. The Balaban J connectivity index is -0.000000966. The summed E-state index contributed by atoms with van der Waals surface area (Å²) in [6.07, 6.45) is 30.8. The number of carboxylic acids is 4. The van der Waals surface area contributed by atoms with E-state index in [0.29, 0.717) is 12.8 Å². The summed E-state index contributed by atoms with van der Waals surface area (Å²) in [6, 6.07) is -2.53. The number of rotatable bonds is 38. The topological polar surface area (TPSA) is 219 Å². The van der Waals surface area contributed by atoms with Crippen LogP contribution >= 0.6 is 0 Å². The molecule has 0 aliphatic carbocycles. The smallest absolute Gasteiger partial charge is 0.550 e. The Morgan fingerprint density at radius 1 is 0.364 bits per heavy atom. The van der Waals surface area contributed by atoms with E-state index in [1.165, 1.54) is 128 Å². The van der Waals surface area contributed by atoms with Gasteiger partial charge in [-0.3, -0.25) is 9.59 Å². The van der Waals surface area contributed by atoms with E-state index in [4.69, 9.17) is 0 Å². The second kappa shape index (κ2) is 42.7. The first-order chi connectivity index (χ1) is 25.9. The maximum absolute atomic E-state index is 11.7. The van der Waals surface area contributed by atoms with E-state index in [0.717, 1.165) is 25.7 Å². The van der Waals surface area contributed by atoms with E-state index in [1.54, 1.807) is 0 Å². The first-order valence-electron chi connectivity index (χ1n) is 21.3. The van der Waals surface area contributed by atoms with Crippen LogP contribution in [0.3, 0.4) is 0 Å². The maximum atomic E-state index is 11.7. The minimum atomic E-state index is -1.46. The summed E-state index contributed by atoms with van der Waals surface area (Å²) in [4.78, 5) is 66.0. The molecule has 2 amide bonds. The predicted octanol–water partition coefficient (Wildman–Crippen LogP) is 4.08. The molecule has 0 saturated carbocycles. The van der Waals surface area contributed by atoms with Gasteiger partial charge in [0.05, 0.1) is 24.0 Å². The van der Waals surface area contributed by atoms with Gasteiger partial charge >= 0.3 is 23.1 Å². The van der Waals surface area contributed by atoms with Gasteiger partial charge in [-0.05, 0) is 38.5 Å². The third-order valence-electron chi connectivity index (χ3n) is 9.53. The van der Waals surface area contributed by atoms with E-state index in [-0.39, 0.29) is 60.6 Å². The number of unbranched alkanes of at least 4 members (excludes halogenated alkanes) is 24. The number of carbonyl (C=O) groups excluding carboxylic acids is 6. The van der Waals surface area contributed by atoms with Crippen molar-refractivity contribution in [3.05, 3.63) is 0 Å². The summed E-state index contributed by atoms with van der Waals surface area (Å²) in [5, 5.41) is 47.2. The summed E-state index contributed by atoms with van der Waals surface area (Å²) in [6.45, 7) is 4.47. The van der Waals surface area contributed by atoms with Crippen LogP contribution in [0.4, 0.5) is 0 Å². The van der Waals surface area contributed by atoms with Gasteiger partial charge in [0, 0.05) is 24.8 Å². The largest absolute Gasteiger partial charge is 2.00 e. The third-order valence-corrected chi connectivity index (χ3v) is 9.53. The van der Waals surface area contributed by atoms with Crippen molar-refractivity contribution in [2.75, 3.05) is 0 Å². The minimum absolute atomic E-state index is 0. The van der Waals surface area contributed by atoms with Crippen LogP contribution < -0.4 is 31.1 Å². The second-order valence-electron chi connectivity index (χ2n) is 14.7. The van der Waals surface area contributed by atoms with Crippen molar-refractivity contribution in [1.82, 2.24) is 10.6 Å². The van der Waals surface area contributed by atoms with Crippen LogP contribution in [0.25, 0.3) is 0 Å². The Morgan fingerprint density at radius 3 is 0.782 bits per heavy atom. The molecular formula is C42H74MgN2O10-2. The molecule has 0 radical (unpaired) electrons. The van der Waals surface area contributed by atoms with E-state index in [9.17, 15) is 49.2 Å². The van der Waals surface area contributed by atoms with Crippen LogP contribution in [0.15, 0.2) is 0 Å². The molecule has 55 heavy (non-hydrogen) atoms. The van der Waals surface area contributed by atoms with Crippen molar-refractivity contribution < 1.29 is 49.2 Å². The van der Waals surface area contributed by atoms with Gasteiger partial charge in [0.2, 0.25) is 11.8 Å². The zero-order chi connectivity index (χ0) is 40.7. The van der Waals surface area contributed by atoms with Crippen molar-refractivity contribution in [2.45, 2.75) is 231 Å². The molecule has 0 aliphatic heterocycles. The summed E-state index contributed by atoms with van der Waals surface area (Å²) < 4.78 is 0. The molecule has 0 bridgehead atoms. The van der Waals surface area contributed by atoms with Crippen LogP contribution in [-0.2, 0) is 28.8 Å². The number of aliphatic carboxylic acids is 4. The summed E-state index contributed by atoms with van der Waals surface area (Å²) >= 11 is 0. The molecule has 316 valence electrons. The quantitative estimate of drug-likeness (QED) is 0.0674. The molecule has 0 aliphatic rings. The first-order valence-corrected chi connectivity index (χ1v) is 21.3. The zero-order valence-corrected chi connectivity index (χ0v) is 36.0. The summed E-state index contributed by atoms with van der Waals surface area (Å²) in [7, 11) is 0. The van der Waals surface area contributed by atoms with Gasteiger partial charge in [-0.15, -0.1) is 0 Å². The maximum Gasteiger partial charge on any atom is 2.00 e. The molecule has 0 aromatic rings. The molecule has 0 heterocycles. The van der Waals surface area contributed by atoms with Crippen LogP contribution in [-0.4, -0.2) is 70.8 Å². The van der Waals surface area contributed by atoms with Gasteiger partial charge in [0.15, 0.2) is 0 Å². The van der Waals surface area contributed by atoms with Crippen molar-refractivity contribution in [3.63, 3.8) is 0 Å². The number of carbonyl (C=O) groups is 6. The fraction of sp³-hybridized carbons (Fsp3) is 0.857. The van der Waals surface area contributed by atoms with Gasteiger partial charge in [0.25, 0.3) is 0 Å². The number of nitrogens with one attached hydrogen (secondary N) is 2. The number of carboxylic acid groups (broad SMARTS) is 4. The molecule has 0 spiro atoms. The standard InChI is InChI=1S/2C21H39NO5.Mg/c2*1-2-3-4-5-6-7-8-9-10-11-12-13-14-15-19(23)22-18(21(26)27)16-17-20(24)25;/h2*18H,2-17H2,1H3,(H,22,23)(H,24,25)(H,26,27);/q;;+2/p-4. The monoisotopic (exact) mass is 791 g/mol. The number of amides is 2. The molecule has 13 heteroatoms. The minimum Gasteiger partial charge on any atom is -0.550 e. The van der Waals surface area contributed by atoms with Crippen LogP contribution in [0.1, 0.15) is 219 Å². The van der Waals surface area contributed by atoms with Gasteiger partial charge in [-0.1, -0.05) is 168 Å². The third kappa shape index (κ3) is 44.2. The second-order valence-corrected chi connectivity index (χ2v) is 14.7. The van der Waals surface area contributed by atoms with E-state index in [1.807, 2.05) is 0 Å². The Labute approximate surface area is 348 Å². The Hall–Kier alpha value is -2.41. The number of hydrogen-bond acceptors (Lipinski definition) is 10. The molecule has 0 aromatic carbocycles. The average Bonchev–Trinajstić information content (AvgIpc) is 3.12.